The van der Waals surface area contributed by atoms with Crippen LogP contribution in [0.3, 0.4) is 0 Å². The van der Waals surface area contributed by atoms with Crippen LogP contribution in [0.1, 0.15) is 16.1 Å². The van der Waals surface area contributed by atoms with Gasteiger partial charge in [0.25, 0.3) is 11.8 Å². The number of carbonyl (C=O) groups excluding carboxylic acids is 1. The highest BCUT2D eigenvalue weighted by molar-refractivity contribution is 5.95. The van der Waals surface area contributed by atoms with E-state index >= 15 is 0 Å². The molecule has 0 fully saturated rings. The van der Waals surface area contributed by atoms with Gasteiger partial charge in [0.15, 0.2) is 0 Å². The van der Waals surface area contributed by atoms with Crippen LogP contribution in [0, 0.1) is 6.92 Å². The maximum atomic E-state index is 13.0. The Bertz CT molecular complexity index is 625. The lowest BCUT2D eigenvalue weighted by atomic mass is 10.2. The lowest BCUT2D eigenvalue weighted by Crippen LogP contribution is -2.41. The lowest BCUT2D eigenvalue weighted by molar-refractivity contribution is 0.0118. The van der Waals surface area contributed by atoms with E-state index in [0.29, 0.717) is 5.69 Å². The highest BCUT2D eigenvalue weighted by Gasteiger charge is 2.28. The predicted molar refractivity (Wildman–Crippen MR) is 74.6 cm³/mol. The van der Waals surface area contributed by atoms with Crippen molar-refractivity contribution in [3.63, 3.8) is 0 Å². The van der Waals surface area contributed by atoms with Crippen molar-refractivity contribution in [1.29, 1.82) is 0 Å². The smallest absolute Gasteiger partial charge is 0.277 e. The van der Waals surface area contributed by atoms with Crippen LogP contribution in [0.15, 0.2) is 36.5 Å². The Morgan fingerprint density at radius 2 is 2.05 bits per heavy atom. The van der Waals surface area contributed by atoms with Crippen molar-refractivity contribution < 1.29 is 13.6 Å². The van der Waals surface area contributed by atoms with Gasteiger partial charge in [0.05, 0.1) is 36.2 Å². The summed E-state index contributed by atoms with van der Waals surface area (Å²) in [6.45, 7) is 0.101. The zero-order valence-corrected chi connectivity index (χ0v) is 11.5. The number of hydrogen-bond donors (Lipinski definition) is 2. The third-order valence-electron chi connectivity index (χ3n) is 3.06. The van der Waals surface area contributed by atoms with E-state index in [-0.39, 0.29) is 5.56 Å². The molecule has 5 nitrogen and oxygen atoms in total. The maximum absolute atomic E-state index is 13.0. The molecule has 0 aliphatic rings. The third kappa shape index (κ3) is 3.43. The second-order valence-electron chi connectivity index (χ2n) is 4.63. The van der Waals surface area contributed by atoms with Gasteiger partial charge in [-0.25, -0.2) is 13.5 Å². The van der Waals surface area contributed by atoms with Gasteiger partial charge < -0.3 is 11.1 Å². The molecule has 1 amide bonds. The van der Waals surface area contributed by atoms with Gasteiger partial charge in [-0.2, -0.15) is 5.10 Å². The standard InChI is InChI=1S/C14H16F2N4O/c1-10-12(13(21)18-9-14(15,16)8-17)7-19-20(10)11-5-3-2-4-6-11/h2-7H,8-9,17H2,1H3,(H,18,21). The molecule has 1 aromatic carbocycles. The molecule has 2 rings (SSSR count). The Morgan fingerprint density at radius 1 is 1.38 bits per heavy atom. The molecule has 0 radical (unpaired) electrons. The van der Waals surface area contributed by atoms with Crippen LogP contribution >= 0.6 is 0 Å². The van der Waals surface area contributed by atoms with Crippen molar-refractivity contribution in [2.45, 2.75) is 12.8 Å². The average molecular weight is 294 g/mol. The molecule has 112 valence electrons. The molecule has 1 aromatic heterocycles. The summed E-state index contributed by atoms with van der Waals surface area (Å²) in [5, 5.41) is 6.29. The molecule has 0 aliphatic carbocycles. The fourth-order valence-electron chi connectivity index (χ4n) is 1.84. The quantitative estimate of drug-likeness (QED) is 0.878. The first kappa shape index (κ1) is 15.1. The number of nitrogens with one attached hydrogen (secondary N) is 1. The molecular weight excluding hydrogens is 278 g/mol. The van der Waals surface area contributed by atoms with Crippen LogP contribution in [-0.4, -0.2) is 34.7 Å². The zero-order chi connectivity index (χ0) is 15.5. The third-order valence-corrected chi connectivity index (χ3v) is 3.06. The van der Waals surface area contributed by atoms with Gasteiger partial charge in [0, 0.05) is 0 Å². The molecule has 21 heavy (non-hydrogen) atoms. The number of nitrogens with two attached hydrogens (primary N) is 1. The van der Waals surface area contributed by atoms with Gasteiger partial charge in [-0.15, -0.1) is 0 Å². The normalized spacial score (nSPS) is 11.4. The molecular formula is C14H16F2N4O. The summed E-state index contributed by atoms with van der Waals surface area (Å²) in [5.41, 5.74) is 6.55. The van der Waals surface area contributed by atoms with E-state index in [4.69, 9.17) is 5.73 Å². The van der Waals surface area contributed by atoms with Crippen molar-refractivity contribution in [2.24, 2.45) is 5.73 Å². The van der Waals surface area contributed by atoms with Crippen molar-refractivity contribution in [2.75, 3.05) is 13.1 Å². The fraction of sp³-hybridized carbons (Fsp3) is 0.286. The van der Waals surface area contributed by atoms with E-state index in [1.807, 2.05) is 30.3 Å². The highest BCUT2D eigenvalue weighted by Crippen LogP contribution is 2.14. The summed E-state index contributed by atoms with van der Waals surface area (Å²) >= 11 is 0. The summed E-state index contributed by atoms with van der Waals surface area (Å²) in [4.78, 5) is 11.9. The van der Waals surface area contributed by atoms with E-state index < -0.39 is 24.9 Å². The Balaban J connectivity index is 2.15. The van der Waals surface area contributed by atoms with Gasteiger partial charge in [0.1, 0.15) is 0 Å². The van der Waals surface area contributed by atoms with Crippen LogP contribution in [0.2, 0.25) is 0 Å². The molecule has 7 heteroatoms. The SMILES string of the molecule is Cc1c(C(=O)NCC(F)(F)CN)cnn1-c1ccccc1. The fourth-order valence-corrected chi connectivity index (χ4v) is 1.84. The Hall–Kier alpha value is -2.28. The van der Waals surface area contributed by atoms with Crippen LogP contribution in [0.25, 0.3) is 5.69 Å². The van der Waals surface area contributed by atoms with Crippen LogP contribution < -0.4 is 11.1 Å². The lowest BCUT2D eigenvalue weighted by Gasteiger charge is -2.14. The highest BCUT2D eigenvalue weighted by atomic mass is 19.3. The number of nitrogens with zero attached hydrogens (tertiary/aromatic N) is 2. The minimum atomic E-state index is -3.11. The number of para-hydroxylation sites is 1. The predicted octanol–water partition coefficient (Wildman–Crippen LogP) is 1.50. The first-order chi connectivity index (χ1) is 9.94. The van der Waals surface area contributed by atoms with Crippen LogP contribution in [0.5, 0.6) is 0 Å². The molecule has 0 bridgehead atoms. The van der Waals surface area contributed by atoms with Gasteiger partial charge in [-0.1, -0.05) is 18.2 Å². The van der Waals surface area contributed by atoms with Crippen molar-refractivity contribution in [1.82, 2.24) is 15.1 Å². The van der Waals surface area contributed by atoms with Crippen molar-refractivity contribution in [3.8, 4) is 5.69 Å². The molecule has 0 saturated heterocycles. The topological polar surface area (TPSA) is 72.9 Å². The number of carbonyl (C=O) groups is 1. The number of amides is 1. The number of aromatic nitrogens is 2. The summed E-state index contributed by atoms with van der Waals surface area (Å²) < 4.78 is 27.7. The number of alkyl halides is 2. The number of rotatable bonds is 5. The Morgan fingerprint density at radius 3 is 2.67 bits per heavy atom. The molecule has 2 aromatic rings. The number of halogens is 2. The molecule has 1 heterocycles. The minimum absolute atomic E-state index is 0.256. The second-order valence-corrected chi connectivity index (χ2v) is 4.63. The monoisotopic (exact) mass is 294 g/mol. The molecule has 0 aliphatic heterocycles. The van der Waals surface area contributed by atoms with Crippen molar-refractivity contribution in [3.05, 3.63) is 47.8 Å². The van der Waals surface area contributed by atoms with Gasteiger partial charge >= 0.3 is 0 Å². The van der Waals surface area contributed by atoms with Gasteiger partial charge in [-0.05, 0) is 19.1 Å². The molecule has 0 spiro atoms. The number of benzene rings is 1. The van der Waals surface area contributed by atoms with Gasteiger partial charge in [0.2, 0.25) is 0 Å². The zero-order valence-electron chi connectivity index (χ0n) is 11.5. The van der Waals surface area contributed by atoms with Crippen LogP contribution in [-0.2, 0) is 0 Å². The minimum Gasteiger partial charge on any atom is -0.346 e. The molecule has 0 saturated carbocycles. The summed E-state index contributed by atoms with van der Waals surface area (Å²) in [6, 6.07) is 9.23. The van der Waals surface area contributed by atoms with Gasteiger partial charge in [-0.3, -0.25) is 4.79 Å². The maximum Gasteiger partial charge on any atom is 0.277 e. The first-order valence-corrected chi connectivity index (χ1v) is 6.41. The van der Waals surface area contributed by atoms with E-state index in [1.54, 1.807) is 11.6 Å². The van der Waals surface area contributed by atoms with E-state index in [9.17, 15) is 13.6 Å². The van der Waals surface area contributed by atoms with E-state index in [2.05, 4.69) is 10.4 Å². The summed E-state index contributed by atoms with van der Waals surface area (Å²) in [5.74, 6) is -3.71. The average Bonchev–Trinajstić information content (AvgIpc) is 2.87. The summed E-state index contributed by atoms with van der Waals surface area (Å²) in [6.07, 6.45) is 1.36. The number of hydrogen-bond acceptors (Lipinski definition) is 3. The van der Waals surface area contributed by atoms with Crippen molar-refractivity contribution >= 4 is 5.91 Å². The summed E-state index contributed by atoms with van der Waals surface area (Å²) in [7, 11) is 0. The second kappa shape index (κ2) is 6.01. The largest absolute Gasteiger partial charge is 0.346 e. The first-order valence-electron chi connectivity index (χ1n) is 6.41. The van der Waals surface area contributed by atoms with E-state index in [0.717, 1.165) is 5.69 Å². The molecule has 0 unspecified atom stereocenters. The Labute approximate surface area is 120 Å². The molecule has 3 N–H and O–H groups in total. The molecule has 0 atom stereocenters. The van der Waals surface area contributed by atoms with E-state index in [1.165, 1.54) is 6.20 Å². The Kier molecular flexibility index (Phi) is 4.32. The van der Waals surface area contributed by atoms with Crippen LogP contribution in [0.4, 0.5) is 8.78 Å².